The van der Waals surface area contributed by atoms with Gasteiger partial charge in [0.2, 0.25) is 0 Å². The number of piperazine rings is 1. The maximum atomic E-state index is 3.68. The third-order valence-corrected chi connectivity index (χ3v) is 4.64. The monoisotopic (exact) mass is 374 g/mol. The van der Waals surface area contributed by atoms with Crippen molar-refractivity contribution in [2.75, 3.05) is 18.0 Å². The molecular formula is C14H20Br2N2. The number of nitrogens with zero attached hydrogens (tertiary/aromatic N) is 1. The first-order valence-corrected chi connectivity index (χ1v) is 7.98. The lowest BCUT2D eigenvalue weighted by Gasteiger charge is -2.46. The fourth-order valence-corrected chi connectivity index (χ4v) is 3.75. The Morgan fingerprint density at radius 2 is 2.11 bits per heavy atom. The molecule has 1 aliphatic rings. The lowest BCUT2D eigenvalue weighted by molar-refractivity contribution is 0.306. The van der Waals surface area contributed by atoms with Crippen LogP contribution in [0.1, 0.15) is 27.2 Å². The fourth-order valence-electron chi connectivity index (χ4n) is 2.48. The summed E-state index contributed by atoms with van der Waals surface area (Å²) in [5.74, 6) is 0. The molecular weight excluding hydrogens is 356 g/mol. The number of nitrogens with one attached hydrogen (secondary N) is 1. The van der Waals surface area contributed by atoms with Gasteiger partial charge < -0.3 is 10.2 Å². The molecule has 0 amide bonds. The number of benzene rings is 1. The molecule has 18 heavy (non-hydrogen) atoms. The Hall–Kier alpha value is -0.0600. The lowest BCUT2D eigenvalue weighted by Crippen LogP contribution is -2.61. The lowest BCUT2D eigenvalue weighted by atomic mass is 9.97. The Morgan fingerprint density at radius 1 is 1.39 bits per heavy atom. The number of anilines is 1. The van der Waals surface area contributed by atoms with E-state index in [-0.39, 0.29) is 5.54 Å². The van der Waals surface area contributed by atoms with Gasteiger partial charge in [0.05, 0.1) is 5.69 Å². The second-order valence-electron chi connectivity index (χ2n) is 5.55. The maximum absolute atomic E-state index is 3.68. The summed E-state index contributed by atoms with van der Waals surface area (Å²) in [6.07, 6.45) is 1.16. The smallest absolute Gasteiger partial charge is 0.0515 e. The molecule has 1 aliphatic heterocycles. The minimum atomic E-state index is 0.165. The van der Waals surface area contributed by atoms with E-state index < -0.39 is 0 Å². The summed E-state index contributed by atoms with van der Waals surface area (Å²) in [6, 6.07) is 6.99. The van der Waals surface area contributed by atoms with Gasteiger partial charge in [-0.2, -0.15) is 0 Å². The van der Waals surface area contributed by atoms with E-state index in [0.29, 0.717) is 6.04 Å². The van der Waals surface area contributed by atoms with Crippen LogP contribution < -0.4 is 10.2 Å². The van der Waals surface area contributed by atoms with Crippen LogP contribution in [0.3, 0.4) is 0 Å². The highest BCUT2D eigenvalue weighted by Gasteiger charge is 2.32. The van der Waals surface area contributed by atoms with Crippen LogP contribution >= 0.6 is 31.9 Å². The number of hydrogen-bond acceptors (Lipinski definition) is 2. The molecule has 1 saturated heterocycles. The van der Waals surface area contributed by atoms with Crippen LogP contribution in [0.2, 0.25) is 0 Å². The molecule has 0 radical (unpaired) electrons. The molecule has 1 N–H and O–H groups in total. The Balaban J connectivity index is 2.32. The Kier molecular flexibility index (Phi) is 4.40. The van der Waals surface area contributed by atoms with Gasteiger partial charge in [0, 0.05) is 33.6 Å². The third-order valence-electron chi connectivity index (χ3n) is 3.51. The first kappa shape index (κ1) is 14.4. The molecule has 4 heteroatoms. The van der Waals surface area contributed by atoms with Crippen molar-refractivity contribution in [1.29, 1.82) is 0 Å². The van der Waals surface area contributed by atoms with Gasteiger partial charge in [-0.1, -0.05) is 22.9 Å². The van der Waals surface area contributed by atoms with Gasteiger partial charge in [-0.15, -0.1) is 0 Å². The van der Waals surface area contributed by atoms with Crippen molar-refractivity contribution < 1.29 is 0 Å². The van der Waals surface area contributed by atoms with Gasteiger partial charge in [-0.05, 0) is 54.4 Å². The quantitative estimate of drug-likeness (QED) is 0.834. The highest BCUT2D eigenvalue weighted by molar-refractivity contribution is 9.11. The predicted octanol–water partition coefficient (Wildman–Crippen LogP) is 4.18. The highest BCUT2D eigenvalue weighted by Crippen LogP contribution is 2.33. The van der Waals surface area contributed by atoms with E-state index in [1.807, 2.05) is 0 Å². The minimum absolute atomic E-state index is 0.165. The molecule has 1 aromatic rings. The molecule has 0 aromatic heterocycles. The second kappa shape index (κ2) is 5.51. The molecule has 1 unspecified atom stereocenters. The molecule has 2 rings (SSSR count). The number of rotatable bonds is 2. The van der Waals surface area contributed by atoms with Gasteiger partial charge in [-0.3, -0.25) is 0 Å². The third kappa shape index (κ3) is 3.09. The van der Waals surface area contributed by atoms with Gasteiger partial charge in [-0.25, -0.2) is 0 Å². The van der Waals surface area contributed by atoms with Crippen molar-refractivity contribution in [3.05, 3.63) is 27.1 Å². The van der Waals surface area contributed by atoms with Gasteiger partial charge in [0.15, 0.2) is 0 Å². The summed E-state index contributed by atoms with van der Waals surface area (Å²) in [4.78, 5) is 2.52. The van der Waals surface area contributed by atoms with Gasteiger partial charge in [0.1, 0.15) is 0 Å². The summed E-state index contributed by atoms with van der Waals surface area (Å²) in [7, 11) is 0. The molecule has 0 bridgehead atoms. The van der Waals surface area contributed by atoms with Crippen molar-refractivity contribution in [2.24, 2.45) is 0 Å². The average molecular weight is 376 g/mol. The maximum Gasteiger partial charge on any atom is 0.0515 e. The Bertz CT molecular complexity index is 432. The Labute approximate surface area is 126 Å². The van der Waals surface area contributed by atoms with E-state index in [2.05, 4.69) is 81.0 Å². The van der Waals surface area contributed by atoms with Crippen LogP contribution in [-0.4, -0.2) is 24.7 Å². The highest BCUT2D eigenvalue weighted by atomic mass is 79.9. The molecule has 0 aliphatic carbocycles. The summed E-state index contributed by atoms with van der Waals surface area (Å²) >= 11 is 7.20. The molecule has 1 fully saturated rings. The van der Waals surface area contributed by atoms with E-state index in [0.717, 1.165) is 28.5 Å². The first-order chi connectivity index (χ1) is 8.43. The standard InChI is InChI=1S/C14H20Br2N2/c1-4-11-8-17-14(2,3)9-18(11)13-6-5-10(15)7-12(13)16/h5-7,11,17H,4,8-9H2,1-3H3. The average Bonchev–Trinajstić information content (AvgIpc) is 2.28. The van der Waals surface area contributed by atoms with Crippen LogP contribution in [0.25, 0.3) is 0 Å². The number of halogens is 2. The molecule has 0 saturated carbocycles. The van der Waals surface area contributed by atoms with Crippen LogP contribution in [0.5, 0.6) is 0 Å². The van der Waals surface area contributed by atoms with Crippen LogP contribution in [-0.2, 0) is 0 Å². The van der Waals surface area contributed by atoms with Crippen molar-refractivity contribution in [3.8, 4) is 0 Å². The van der Waals surface area contributed by atoms with E-state index >= 15 is 0 Å². The van der Waals surface area contributed by atoms with Crippen molar-refractivity contribution in [1.82, 2.24) is 5.32 Å². The summed E-state index contributed by atoms with van der Waals surface area (Å²) in [6.45, 7) is 8.86. The summed E-state index contributed by atoms with van der Waals surface area (Å²) < 4.78 is 2.27. The molecule has 100 valence electrons. The van der Waals surface area contributed by atoms with Crippen LogP contribution in [0.15, 0.2) is 27.1 Å². The molecule has 1 atom stereocenters. The van der Waals surface area contributed by atoms with Crippen molar-refractivity contribution >= 4 is 37.5 Å². The SMILES string of the molecule is CCC1CNC(C)(C)CN1c1ccc(Br)cc1Br. The second-order valence-corrected chi connectivity index (χ2v) is 7.32. The molecule has 1 aromatic carbocycles. The van der Waals surface area contributed by atoms with Crippen LogP contribution in [0.4, 0.5) is 5.69 Å². The normalized spacial score (nSPS) is 23.2. The Morgan fingerprint density at radius 3 is 2.72 bits per heavy atom. The van der Waals surface area contributed by atoms with Crippen molar-refractivity contribution in [3.63, 3.8) is 0 Å². The van der Waals surface area contributed by atoms with Crippen molar-refractivity contribution in [2.45, 2.75) is 38.8 Å². The van der Waals surface area contributed by atoms with E-state index in [1.54, 1.807) is 0 Å². The largest absolute Gasteiger partial charge is 0.365 e. The zero-order valence-corrected chi connectivity index (χ0v) is 14.3. The fraction of sp³-hybridized carbons (Fsp3) is 0.571. The van der Waals surface area contributed by atoms with E-state index in [4.69, 9.17) is 0 Å². The summed E-state index contributed by atoms with van der Waals surface area (Å²) in [5, 5.41) is 3.62. The summed E-state index contributed by atoms with van der Waals surface area (Å²) in [5.41, 5.74) is 1.46. The molecule has 2 nitrogen and oxygen atoms in total. The van der Waals surface area contributed by atoms with Gasteiger partial charge >= 0.3 is 0 Å². The molecule has 0 spiro atoms. The van der Waals surface area contributed by atoms with Gasteiger partial charge in [0.25, 0.3) is 0 Å². The predicted molar refractivity (Wildman–Crippen MR) is 85.3 cm³/mol. The zero-order chi connectivity index (χ0) is 13.3. The minimum Gasteiger partial charge on any atom is -0.365 e. The van der Waals surface area contributed by atoms with E-state index in [9.17, 15) is 0 Å². The first-order valence-electron chi connectivity index (χ1n) is 6.39. The topological polar surface area (TPSA) is 15.3 Å². The van der Waals surface area contributed by atoms with E-state index in [1.165, 1.54) is 5.69 Å². The number of hydrogen-bond donors (Lipinski definition) is 1. The van der Waals surface area contributed by atoms with Crippen LogP contribution in [0, 0.1) is 0 Å². The zero-order valence-electron chi connectivity index (χ0n) is 11.1. The molecule has 1 heterocycles.